The monoisotopic (exact) mass is 355 g/mol. The highest BCUT2D eigenvalue weighted by Crippen LogP contribution is 2.34. The van der Waals surface area contributed by atoms with Gasteiger partial charge in [-0.05, 0) is 58.2 Å². The summed E-state index contributed by atoms with van der Waals surface area (Å²) in [6, 6.07) is 9.61. The molecule has 0 aliphatic rings. The van der Waals surface area contributed by atoms with Gasteiger partial charge in [-0.3, -0.25) is 0 Å². The molecule has 106 valence electrons. The van der Waals surface area contributed by atoms with Crippen molar-refractivity contribution in [1.29, 1.82) is 0 Å². The highest BCUT2D eigenvalue weighted by atomic mass is 79.9. The summed E-state index contributed by atoms with van der Waals surface area (Å²) in [6.45, 7) is 5.71. The average Bonchev–Trinajstić information content (AvgIpc) is 2.45. The van der Waals surface area contributed by atoms with Gasteiger partial charge in [-0.1, -0.05) is 36.7 Å². The van der Waals surface area contributed by atoms with Crippen LogP contribution in [0.1, 0.15) is 18.1 Å². The SMILES string of the molecule is CCNCc1ccc(C)c(-c2ccc(Br)c(Cl)c2F)c1. The maximum atomic E-state index is 14.3. The van der Waals surface area contributed by atoms with E-state index >= 15 is 0 Å². The van der Waals surface area contributed by atoms with Crippen LogP contribution < -0.4 is 5.32 Å². The van der Waals surface area contributed by atoms with Gasteiger partial charge in [0.2, 0.25) is 0 Å². The van der Waals surface area contributed by atoms with Gasteiger partial charge in [0, 0.05) is 16.6 Å². The number of halogens is 3. The van der Waals surface area contributed by atoms with Crippen molar-refractivity contribution in [2.75, 3.05) is 6.54 Å². The first-order valence-corrected chi connectivity index (χ1v) is 7.65. The number of nitrogens with one attached hydrogen (secondary N) is 1. The van der Waals surface area contributed by atoms with E-state index in [0.717, 1.165) is 29.8 Å². The van der Waals surface area contributed by atoms with Crippen LogP contribution in [0.5, 0.6) is 0 Å². The number of aryl methyl sites for hydroxylation is 1. The van der Waals surface area contributed by atoms with E-state index < -0.39 is 0 Å². The molecule has 0 saturated heterocycles. The van der Waals surface area contributed by atoms with Crippen LogP contribution in [-0.2, 0) is 6.54 Å². The van der Waals surface area contributed by atoms with E-state index in [1.165, 1.54) is 0 Å². The van der Waals surface area contributed by atoms with Gasteiger partial charge >= 0.3 is 0 Å². The van der Waals surface area contributed by atoms with E-state index in [2.05, 4.69) is 34.2 Å². The van der Waals surface area contributed by atoms with E-state index in [0.29, 0.717) is 10.0 Å². The predicted molar refractivity (Wildman–Crippen MR) is 86.7 cm³/mol. The zero-order valence-electron chi connectivity index (χ0n) is 11.4. The lowest BCUT2D eigenvalue weighted by Gasteiger charge is -2.12. The molecule has 2 aromatic carbocycles. The van der Waals surface area contributed by atoms with Gasteiger partial charge in [0.05, 0.1) is 5.02 Å². The molecule has 0 saturated carbocycles. The lowest BCUT2D eigenvalue weighted by atomic mass is 9.97. The molecule has 0 aliphatic carbocycles. The van der Waals surface area contributed by atoms with Crippen molar-refractivity contribution >= 4 is 27.5 Å². The average molecular weight is 357 g/mol. The quantitative estimate of drug-likeness (QED) is 0.730. The molecule has 0 atom stereocenters. The highest BCUT2D eigenvalue weighted by molar-refractivity contribution is 9.10. The third-order valence-electron chi connectivity index (χ3n) is 3.21. The third kappa shape index (κ3) is 3.22. The van der Waals surface area contributed by atoms with Crippen LogP contribution in [0.2, 0.25) is 5.02 Å². The number of rotatable bonds is 4. The number of hydrogen-bond donors (Lipinski definition) is 1. The van der Waals surface area contributed by atoms with Gasteiger partial charge in [-0.2, -0.15) is 0 Å². The van der Waals surface area contributed by atoms with Gasteiger partial charge in [-0.25, -0.2) is 4.39 Å². The summed E-state index contributed by atoms with van der Waals surface area (Å²) in [5, 5.41) is 3.39. The summed E-state index contributed by atoms with van der Waals surface area (Å²) < 4.78 is 14.9. The van der Waals surface area contributed by atoms with Crippen molar-refractivity contribution < 1.29 is 4.39 Å². The fraction of sp³-hybridized carbons (Fsp3) is 0.250. The van der Waals surface area contributed by atoms with Crippen LogP contribution in [0.3, 0.4) is 0 Å². The van der Waals surface area contributed by atoms with E-state index in [1.807, 2.05) is 19.1 Å². The Bertz CT molecular complexity index is 628. The van der Waals surface area contributed by atoms with Crippen molar-refractivity contribution in [2.45, 2.75) is 20.4 Å². The zero-order chi connectivity index (χ0) is 14.7. The van der Waals surface area contributed by atoms with Gasteiger partial charge in [-0.15, -0.1) is 0 Å². The predicted octanol–water partition coefficient (Wildman–Crippen LogP) is 5.33. The highest BCUT2D eigenvalue weighted by Gasteiger charge is 2.13. The minimum Gasteiger partial charge on any atom is -0.313 e. The molecule has 0 amide bonds. The molecule has 1 N–H and O–H groups in total. The lowest BCUT2D eigenvalue weighted by molar-refractivity contribution is 0.630. The normalized spacial score (nSPS) is 10.8. The summed E-state index contributed by atoms with van der Waals surface area (Å²) in [6.07, 6.45) is 0. The first-order chi connectivity index (χ1) is 9.54. The number of hydrogen-bond acceptors (Lipinski definition) is 1. The maximum Gasteiger partial charge on any atom is 0.150 e. The first-order valence-electron chi connectivity index (χ1n) is 6.48. The Morgan fingerprint density at radius 1 is 1.20 bits per heavy atom. The van der Waals surface area contributed by atoms with E-state index in [9.17, 15) is 4.39 Å². The minimum absolute atomic E-state index is 0.124. The Morgan fingerprint density at radius 3 is 2.65 bits per heavy atom. The van der Waals surface area contributed by atoms with Crippen LogP contribution >= 0.6 is 27.5 Å². The first kappa shape index (κ1) is 15.5. The standard InChI is InChI=1S/C16H16BrClFN/c1-3-20-9-11-5-4-10(2)13(8-11)12-6-7-14(17)15(18)16(12)19/h4-8,20H,3,9H2,1-2H3. The molecule has 1 nitrogen and oxygen atoms in total. The summed E-state index contributed by atoms with van der Waals surface area (Å²) in [5.74, 6) is -0.384. The molecule has 20 heavy (non-hydrogen) atoms. The molecule has 0 bridgehead atoms. The summed E-state index contributed by atoms with van der Waals surface area (Å²) in [7, 11) is 0. The van der Waals surface area contributed by atoms with Crippen molar-refractivity contribution in [2.24, 2.45) is 0 Å². The van der Waals surface area contributed by atoms with Crippen molar-refractivity contribution in [3.8, 4) is 11.1 Å². The molecule has 0 radical (unpaired) electrons. The molecular formula is C16H16BrClFN. The van der Waals surface area contributed by atoms with Crippen LogP contribution in [0.25, 0.3) is 11.1 Å². The Balaban J connectivity index is 2.49. The van der Waals surface area contributed by atoms with E-state index in [-0.39, 0.29) is 10.8 Å². The van der Waals surface area contributed by atoms with Gasteiger partial charge in [0.1, 0.15) is 0 Å². The topological polar surface area (TPSA) is 12.0 Å². The Morgan fingerprint density at radius 2 is 1.95 bits per heavy atom. The minimum atomic E-state index is -0.384. The van der Waals surface area contributed by atoms with E-state index in [1.54, 1.807) is 12.1 Å². The zero-order valence-corrected chi connectivity index (χ0v) is 13.8. The molecular weight excluding hydrogens is 341 g/mol. The molecule has 0 fully saturated rings. The second kappa shape index (κ2) is 6.70. The molecule has 2 rings (SSSR count). The Hall–Kier alpha value is -0.900. The second-order valence-electron chi connectivity index (χ2n) is 4.65. The molecule has 0 aliphatic heterocycles. The molecule has 0 spiro atoms. The van der Waals surface area contributed by atoms with Crippen molar-refractivity contribution in [3.05, 3.63) is 56.8 Å². The summed E-state index contributed by atoms with van der Waals surface area (Å²) in [4.78, 5) is 0. The summed E-state index contributed by atoms with van der Waals surface area (Å²) in [5.41, 5.74) is 3.58. The molecule has 0 unspecified atom stereocenters. The fourth-order valence-corrected chi connectivity index (χ4v) is 2.54. The van der Waals surface area contributed by atoms with Crippen LogP contribution in [0.15, 0.2) is 34.8 Å². The number of benzene rings is 2. The van der Waals surface area contributed by atoms with Crippen molar-refractivity contribution in [1.82, 2.24) is 5.32 Å². The smallest absolute Gasteiger partial charge is 0.150 e. The van der Waals surface area contributed by atoms with Gasteiger partial charge in [0.25, 0.3) is 0 Å². The third-order valence-corrected chi connectivity index (χ3v) is 4.47. The van der Waals surface area contributed by atoms with E-state index in [4.69, 9.17) is 11.6 Å². The van der Waals surface area contributed by atoms with Gasteiger partial charge < -0.3 is 5.32 Å². The fourth-order valence-electron chi connectivity index (χ4n) is 2.07. The molecule has 4 heteroatoms. The maximum absolute atomic E-state index is 14.3. The molecule has 0 heterocycles. The largest absolute Gasteiger partial charge is 0.313 e. The van der Waals surface area contributed by atoms with Crippen LogP contribution in [0.4, 0.5) is 4.39 Å². The lowest BCUT2D eigenvalue weighted by Crippen LogP contribution is -2.11. The van der Waals surface area contributed by atoms with Crippen LogP contribution in [-0.4, -0.2) is 6.54 Å². The van der Waals surface area contributed by atoms with Gasteiger partial charge in [0.15, 0.2) is 5.82 Å². The Labute approximate surface area is 132 Å². The second-order valence-corrected chi connectivity index (χ2v) is 5.88. The molecule has 2 aromatic rings. The molecule has 0 aromatic heterocycles. The van der Waals surface area contributed by atoms with Crippen molar-refractivity contribution in [3.63, 3.8) is 0 Å². The Kier molecular flexibility index (Phi) is 5.19. The van der Waals surface area contributed by atoms with Crippen LogP contribution in [0, 0.1) is 12.7 Å². The summed E-state index contributed by atoms with van der Waals surface area (Å²) >= 11 is 9.21.